The van der Waals surface area contributed by atoms with Gasteiger partial charge in [-0.05, 0) is 26.2 Å². The van der Waals surface area contributed by atoms with Gasteiger partial charge in [0.25, 0.3) is 5.91 Å². The van der Waals surface area contributed by atoms with E-state index in [0.29, 0.717) is 12.2 Å². The topological polar surface area (TPSA) is 79.5 Å². The number of thiazole rings is 1. The molecule has 0 spiro atoms. The highest BCUT2D eigenvalue weighted by atomic mass is 32.1. The normalized spacial score (nSPS) is 17.3. The van der Waals surface area contributed by atoms with Gasteiger partial charge in [0, 0.05) is 18.0 Å². The molecule has 6 heteroatoms. The molecule has 18 heavy (non-hydrogen) atoms. The maximum Gasteiger partial charge on any atom is 0.273 e. The highest BCUT2D eigenvalue weighted by Crippen LogP contribution is 2.26. The van der Waals surface area contributed by atoms with Crippen LogP contribution in [0.3, 0.4) is 0 Å². The molecule has 1 aliphatic rings. The molecule has 3 N–H and O–H groups in total. The summed E-state index contributed by atoms with van der Waals surface area (Å²) in [5.74, 6) is -0.0862. The van der Waals surface area contributed by atoms with Crippen molar-refractivity contribution in [3.05, 3.63) is 16.1 Å². The minimum atomic E-state index is -0.147. The van der Waals surface area contributed by atoms with E-state index < -0.39 is 0 Å². The molecular formula is C12H19N3O2S. The van der Waals surface area contributed by atoms with Crippen LogP contribution in [0.25, 0.3) is 0 Å². The van der Waals surface area contributed by atoms with Crippen LogP contribution in [0.4, 0.5) is 0 Å². The van der Waals surface area contributed by atoms with Crippen LogP contribution in [-0.4, -0.2) is 40.1 Å². The van der Waals surface area contributed by atoms with E-state index in [1.54, 1.807) is 10.3 Å². The van der Waals surface area contributed by atoms with Crippen molar-refractivity contribution in [2.24, 2.45) is 5.73 Å². The number of aromatic nitrogens is 1. The van der Waals surface area contributed by atoms with Gasteiger partial charge in [-0.1, -0.05) is 0 Å². The van der Waals surface area contributed by atoms with Gasteiger partial charge in [0.1, 0.15) is 10.7 Å². The van der Waals surface area contributed by atoms with E-state index in [9.17, 15) is 4.79 Å². The van der Waals surface area contributed by atoms with E-state index in [1.165, 1.54) is 11.3 Å². The van der Waals surface area contributed by atoms with Crippen molar-refractivity contribution in [2.75, 3.05) is 13.2 Å². The lowest BCUT2D eigenvalue weighted by atomic mass is 9.91. The number of aliphatic hydroxyl groups excluding tert-OH is 1. The fraction of sp³-hybridized carbons (Fsp3) is 0.667. The van der Waals surface area contributed by atoms with Crippen LogP contribution in [0.5, 0.6) is 0 Å². The summed E-state index contributed by atoms with van der Waals surface area (Å²) < 4.78 is 0. The van der Waals surface area contributed by atoms with Gasteiger partial charge in [0.05, 0.1) is 12.6 Å². The Bertz CT molecular complexity index is 415. The lowest BCUT2D eigenvalue weighted by molar-refractivity contribution is 0.0520. The Morgan fingerprint density at radius 2 is 2.44 bits per heavy atom. The first-order valence-electron chi connectivity index (χ1n) is 6.26. The molecule has 1 unspecified atom stereocenters. The Morgan fingerprint density at radius 3 is 2.89 bits per heavy atom. The highest BCUT2D eigenvalue weighted by molar-refractivity contribution is 7.09. The van der Waals surface area contributed by atoms with Crippen molar-refractivity contribution in [2.45, 2.75) is 38.3 Å². The minimum absolute atomic E-state index is 0.00741. The maximum atomic E-state index is 12.3. The summed E-state index contributed by atoms with van der Waals surface area (Å²) in [6, 6.07) is 0.122. The molecule has 0 aromatic carbocycles. The van der Waals surface area contributed by atoms with Crippen molar-refractivity contribution < 1.29 is 9.90 Å². The first-order valence-corrected chi connectivity index (χ1v) is 7.14. The molecule has 1 heterocycles. The summed E-state index contributed by atoms with van der Waals surface area (Å²) in [6.45, 7) is 2.23. The standard InChI is InChI=1S/C12H19N3O2S/c1-8(13)11-14-10(7-18-11)12(17)15(5-6-16)9-3-2-4-9/h7-9,16H,2-6,13H2,1H3. The smallest absolute Gasteiger partial charge is 0.273 e. The number of amides is 1. The van der Waals surface area contributed by atoms with Gasteiger partial charge in [-0.25, -0.2) is 4.98 Å². The van der Waals surface area contributed by atoms with Gasteiger partial charge in [-0.2, -0.15) is 0 Å². The van der Waals surface area contributed by atoms with Crippen LogP contribution in [0.2, 0.25) is 0 Å². The number of hydrogen-bond acceptors (Lipinski definition) is 5. The Morgan fingerprint density at radius 1 is 1.72 bits per heavy atom. The Hall–Kier alpha value is -0.980. The second kappa shape index (κ2) is 5.77. The van der Waals surface area contributed by atoms with E-state index in [2.05, 4.69) is 4.98 Å². The predicted molar refractivity (Wildman–Crippen MR) is 70.5 cm³/mol. The molecule has 1 aromatic rings. The number of carbonyl (C=O) groups is 1. The lowest BCUT2D eigenvalue weighted by Gasteiger charge is -2.36. The molecule has 1 amide bonds. The van der Waals surface area contributed by atoms with Crippen LogP contribution in [0.1, 0.15) is 47.7 Å². The number of carbonyl (C=O) groups excluding carboxylic acids is 1. The van der Waals surface area contributed by atoms with E-state index in [-0.39, 0.29) is 24.6 Å². The molecule has 0 bridgehead atoms. The number of hydrogen-bond donors (Lipinski definition) is 2. The van der Waals surface area contributed by atoms with Crippen molar-refractivity contribution in [3.63, 3.8) is 0 Å². The van der Waals surface area contributed by atoms with Gasteiger partial charge >= 0.3 is 0 Å². The van der Waals surface area contributed by atoms with E-state index >= 15 is 0 Å². The third kappa shape index (κ3) is 2.71. The van der Waals surface area contributed by atoms with Crippen LogP contribution >= 0.6 is 11.3 Å². The zero-order valence-corrected chi connectivity index (χ0v) is 11.3. The third-order valence-corrected chi connectivity index (χ3v) is 4.29. The largest absolute Gasteiger partial charge is 0.395 e. The monoisotopic (exact) mass is 269 g/mol. The zero-order chi connectivity index (χ0) is 13.1. The average molecular weight is 269 g/mol. The van der Waals surface area contributed by atoms with E-state index in [1.807, 2.05) is 6.92 Å². The van der Waals surface area contributed by atoms with Gasteiger partial charge in [0.15, 0.2) is 0 Å². The van der Waals surface area contributed by atoms with E-state index in [0.717, 1.165) is 24.3 Å². The van der Waals surface area contributed by atoms with Crippen molar-refractivity contribution >= 4 is 17.2 Å². The quantitative estimate of drug-likeness (QED) is 0.840. The predicted octanol–water partition coefficient (Wildman–Crippen LogP) is 1.15. The van der Waals surface area contributed by atoms with Crippen LogP contribution < -0.4 is 5.73 Å². The van der Waals surface area contributed by atoms with Gasteiger partial charge in [0.2, 0.25) is 0 Å². The van der Waals surface area contributed by atoms with Crippen LogP contribution in [-0.2, 0) is 0 Å². The Kier molecular flexibility index (Phi) is 4.31. The fourth-order valence-corrected chi connectivity index (χ4v) is 2.75. The number of nitrogens with two attached hydrogens (primary N) is 1. The molecule has 1 atom stereocenters. The second-order valence-electron chi connectivity index (χ2n) is 4.67. The molecule has 0 saturated heterocycles. The number of aliphatic hydroxyl groups is 1. The Labute approximate surface area is 111 Å². The molecule has 1 fully saturated rings. The van der Waals surface area contributed by atoms with Crippen molar-refractivity contribution in [3.8, 4) is 0 Å². The van der Waals surface area contributed by atoms with Crippen LogP contribution in [0, 0.1) is 0 Å². The number of rotatable bonds is 5. The summed E-state index contributed by atoms with van der Waals surface area (Å²) in [5.41, 5.74) is 6.19. The average Bonchev–Trinajstić information content (AvgIpc) is 2.74. The van der Waals surface area contributed by atoms with Crippen molar-refractivity contribution in [1.82, 2.24) is 9.88 Å². The highest BCUT2D eigenvalue weighted by Gasteiger charge is 2.30. The first kappa shape index (κ1) is 13.5. The minimum Gasteiger partial charge on any atom is -0.395 e. The van der Waals surface area contributed by atoms with Crippen LogP contribution in [0.15, 0.2) is 5.38 Å². The van der Waals surface area contributed by atoms with E-state index in [4.69, 9.17) is 10.8 Å². The molecule has 0 aliphatic heterocycles. The molecule has 100 valence electrons. The molecular weight excluding hydrogens is 250 g/mol. The molecule has 0 radical (unpaired) electrons. The molecule has 1 aromatic heterocycles. The lowest BCUT2D eigenvalue weighted by Crippen LogP contribution is -2.45. The SMILES string of the molecule is CC(N)c1nc(C(=O)N(CCO)C2CCC2)cs1. The van der Waals surface area contributed by atoms with Gasteiger partial charge in [-0.15, -0.1) is 11.3 Å². The first-order chi connectivity index (χ1) is 8.63. The summed E-state index contributed by atoms with van der Waals surface area (Å²) in [5, 5.41) is 11.6. The van der Waals surface area contributed by atoms with Gasteiger partial charge in [-0.3, -0.25) is 4.79 Å². The third-order valence-electron chi connectivity index (χ3n) is 3.25. The zero-order valence-electron chi connectivity index (χ0n) is 10.5. The van der Waals surface area contributed by atoms with Crippen molar-refractivity contribution in [1.29, 1.82) is 0 Å². The Balaban J connectivity index is 2.11. The van der Waals surface area contributed by atoms with Gasteiger partial charge < -0.3 is 15.7 Å². The molecule has 1 aliphatic carbocycles. The second-order valence-corrected chi connectivity index (χ2v) is 5.56. The fourth-order valence-electron chi connectivity index (χ4n) is 2.00. The summed E-state index contributed by atoms with van der Waals surface area (Å²) >= 11 is 1.41. The summed E-state index contributed by atoms with van der Waals surface area (Å²) in [4.78, 5) is 18.3. The summed E-state index contributed by atoms with van der Waals surface area (Å²) in [6.07, 6.45) is 3.20. The maximum absolute atomic E-state index is 12.3. The summed E-state index contributed by atoms with van der Waals surface area (Å²) in [7, 11) is 0. The molecule has 2 rings (SSSR count). The molecule has 5 nitrogen and oxygen atoms in total. The molecule has 1 saturated carbocycles. The number of nitrogens with zero attached hydrogens (tertiary/aromatic N) is 2.